The standard InChI is InChI=1S/C18H14Cl2N2O5/c19-8-5-11(20)15-12(6-8)21-14(18(26)27)7-13(15)22-16(23)9-3-1-2-4-10(9)17(24)25/h1-6,13-14,21H,7H2,(H,22,23)(H,24,25)(H,26,27)/t13-,14+/m1/s1. The highest BCUT2D eigenvalue weighted by molar-refractivity contribution is 6.35. The maximum atomic E-state index is 12.7. The number of amides is 1. The van der Waals surface area contributed by atoms with Crippen LogP contribution in [0.4, 0.5) is 5.69 Å². The molecule has 4 N–H and O–H groups in total. The minimum Gasteiger partial charge on any atom is -0.480 e. The normalized spacial score (nSPS) is 18.1. The number of anilines is 1. The predicted octanol–water partition coefficient (Wildman–Crippen LogP) is 3.43. The van der Waals surface area contributed by atoms with Gasteiger partial charge in [0.1, 0.15) is 6.04 Å². The molecule has 1 aliphatic heterocycles. The van der Waals surface area contributed by atoms with Crippen LogP contribution in [0.2, 0.25) is 10.0 Å². The third-order valence-electron chi connectivity index (χ3n) is 4.25. The van der Waals surface area contributed by atoms with E-state index in [1.165, 1.54) is 30.3 Å². The van der Waals surface area contributed by atoms with Gasteiger partial charge in [-0.1, -0.05) is 35.3 Å². The van der Waals surface area contributed by atoms with Crippen molar-refractivity contribution in [2.45, 2.75) is 18.5 Å². The van der Waals surface area contributed by atoms with E-state index in [9.17, 15) is 24.6 Å². The summed E-state index contributed by atoms with van der Waals surface area (Å²) in [7, 11) is 0. The van der Waals surface area contributed by atoms with E-state index in [0.29, 0.717) is 16.3 Å². The van der Waals surface area contributed by atoms with Gasteiger partial charge in [-0.25, -0.2) is 9.59 Å². The number of halogens is 2. The maximum Gasteiger partial charge on any atom is 0.336 e. The van der Waals surface area contributed by atoms with E-state index in [-0.39, 0.29) is 22.6 Å². The van der Waals surface area contributed by atoms with Crippen molar-refractivity contribution in [3.05, 3.63) is 63.1 Å². The number of aromatic carboxylic acids is 1. The number of carbonyl (C=O) groups is 3. The van der Waals surface area contributed by atoms with Gasteiger partial charge in [0, 0.05) is 27.7 Å². The van der Waals surface area contributed by atoms with Crippen molar-refractivity contribution in [1.29, 1.82) is 0 Å². The molecule has 3 rings (SSSR count). The fourth-order valence-electron chi connectivity index (χ4n) is 3.06. The Hall–Kier alpha value is -2.77. The summed E-state index contributed by atoms with van der Waals surface area (Å²) in [6.45, 7) is 0. The average Bonchev–Trinajstić information content (AvgIpc) is 2.60. The molecular weight excluding hydrogens is 395 g/mol. The minimum absolute atomic E-state index is 0.0259. The second kappa shape index (κ2) is 7.46. The first-order chi connectivity index (χ1) is 12.8. The van der Waals surface area contributed by atoms with Crippen LogP contribution in [-0.4, -0.2) is 34.1 Å². The van der Waals surface area contributed by atoms with Crippen molar-refractivity contribution in [2.24, 2.45) is 0 Å². The van der Waals surface area contributed by atoms with E-state index in [0.717, 1.165) is 0 Å². The molecule has 0 bridgehead atoms. The lowest BCUT2D eigenvalue weighted by Crippen LogP contribution is -2.41. The highest BCUT2D eigenvalue weighted by atomic mass is 35.5. The smallest absolute Gasteiger partial charge is 0.336 e. The average molecular weight is 409 g/mol. The molecule has 2 aromatic rings. The predicted molar refractivity (Wildman–Crippen MR) is 99.7 cm³/mol. The van der Waals surface area contributed by atoms with Crippen molar-refractivity contribution in [3.8, 4) is 0 Å². The Labute approximate surface area is 163 Å². The Kier molecular flexibility index (Phi) is 5.25. The molecule has 2 atom stereocenters. The van der Waals surface area contributed by atoms with Gasteiger partial charge in [0.05, 0.1) is 17.2 Å². The summed E-state index contributed by atoms with van der Waals surface area (Å²) in [5.41, 5.74) is 0.728. The van der Waals surface area contributed by atoms with E-state index in [1.54, 1.807) is 6.07 Å². The fraction of sp³-hybridized carbons (Fsp3) is 0.167. The van der Waals surface area contributed by atoms with Gasteiger partial charge in [-0.3, -0.25) is 4.79 Å². The Bertz CT molecular complexity index is 947. The molecule has 1 aliphatic rings. The number of hydrogen-bond donors (Lipinski definition) is 4. The van der Waals surface area contributed by atoms with E-state index in [1.807, 2.05) is 0 Å². The van der Waals surface area contributed by atoms with Crippen LogP contribution >= 0.6 is 23.2 Å². The van der Waals surface area contributed by atoms with Crippen molar-refractivity contribution in [2.75, 3.05) is 5.32 Å². The number of hydrogen-bond acceptors (Lipinski definition) is 4. The molecule has 27 heavy (non-hydrogen) atoms. The highest BCUT2D eigenvalue weighted by Crippen LogP contribution is 2.40. The van der Waals surface area contributed by atoms with Crippen LogP contribution in [0.1, 0.15) is 38.7 Å². The topological polar surface area (TPSA) is 116 Å². The van der Waals surface area contributed by atoms with Gasteiger partial charge in [0.25, 0.3) is 5.91 Å². The number of fused-ring (bicyclic) bond motifs is 1. The van der Waals surface area contributed by atoms with Gasteiger partial charge in [0.15, 0.2) is 0 Å². The van der Waals surface area contributed by atoms with Gasteiger partial charge in [-0.15, -0.1) is 0 Å². The third-order valence-corrected chi connectivity index (χ3v) is 4.78. The molecule has 0 radical (unpaired) electrons. The molecular formula is C18H14Cl2N2O5. The van der Waals surface area contributed by atoms with Gasteiger partial charge < -0.3 is 20.8 Å². The second-order valence-electron chi connectivity index (χ2n) is 6.00. The summed E-state index contributed by atoms with van der Waals surface area (Å²) in [5.74, 6) is -2.97. The molecule has 140 valence electrons. The first-order valence-corrected chi connectivity index (χ1v) is 8.65. The number of nitrogens with one attached hydrogen (secondary N) is 2. The molecule has 7 nitrogen and oxygen atoms in total. The first-order valence-electron chi connectivity index (χ1n) is 7.89. The Morgan fingerprint density at radius 3 is 2.37 bits per heavy atom. The highest BCUT2D eigenvalue weighted by Gasteiger charge is 2.34. The summed E-state index contributed by atoms with van der Waals surface area (Å²) < 4.78 is 0. The van der Waals surface area contributed by atoms with Crippen molar-refractivity contribution in [1.82, 2.24) is 5.32 Å². The zero-order valence-electron chi connectivity index (χ0n) is 13.7. The number of carbonyl (C=O) groups excluding carboxylic acids is 1. The van der Waals surface area contributed by atoms with Crippen LogP contribution in [-0.2, 0) is 4.79 Å². The number of carboxylic acids is 2. The molecule has 0 aliphatic carbocycles. The molecule has 1 amide bonds. The van der Waals surface area contributed by atoms with E-state index >= 15 is 0 Å². The number of rotatable bonds is 4. The van der Waals surface area contributed by atoms with Crippen LogP contribution in [0.25, 0.3) is 0 Å². The molecule has 0 fully saturated rings. The maximum absolute atomic E-state index is 12.7. The molecule has 0 unspecified atom stereocenters. The lowest BCUT2D eigenvalue weighted by molar-refractivity contribution is -0.138. The molecule has 0 saturated heterocycles. The van der Waals surface area contributed by atoms with Crippen LogP contribution in [0.15, 0.2) is 36.4 Å². The van der Waals surface area contributed by atoms with E-state index in [2.05, 4.69) is 10.6 Å². The molecule has 0 spiro atoms. The van der Waals surface area contributed by atoms with Crippen molar-refractivity contribution in [3.63, 3.8) is 0 Å². The number of aliphatic carboxylic acids is 1. The minimum atomic E-state index is -1.24. The van der Waals surface area contributed by atoms with Crippen molar-refractivity contribution < 1.29 is 24.6 Å². The van der Waals surface area contributed by atoms with E-state index in [4.69, 9.17) is 23.2 Å². The lowest BCUT2D eigenvalue weighted by Gasteiger charge is -2.32. The van der Waals surface area contributed by atoms with Crippen LogP contribution in [0, 0.1) is 0 Å². The number of carboxylic acid groups (broad SMARTS) is 2. The SMILES string of the molecule is O=C(O)c1ccccc1C(=O)N[C@@H]1C[C@@H](C(=O)O)Nc2cc(Cl)cc(Cl)c21. The zero-order chi connectivity index (χ0) is 19.7. The molecule has 1 heterocycles. The van der Waals surface area contributed by atoms with Crippen molar-refractivity contribution >= 4 is 46.7 Å². The first kappa shape index (κ1) is 19.0. The zero-order valence-corrected chi connectivity index (χ0v) is 15.2. The van der Waals surface area contributed by atoms with Gasteiger partial charge in [0.2, 0.25) is 0 Å². The fourth-order valence-corrected chi connectivity index (χ4v) is 3.68. The summed E-state index contributed by atoms with van der Waals surface area (Å²) >= 11 is 12.3. The number of benzene rings is 2. The van der Waals surface area contributed by atoms with Crippen LogP contribution in [0.3, 0.4) is 0 Å². The third kappa shape index (κ3) is 3.84. The molecule has 2 aromatic carbocycles. The quantitative estimate of drug-likeness (QED) is 0.615. The Balaban J connectivity index is 1.98. The Morgan fingerprint density at radius 2 is 1.74 bits per heavy atom. The summed E-state index contributed by atoms with van der Waals surface area (Å²) in [6.07, 6.45) is 0.0324. The van der Waals surface area contributed by atoms with Crippen LogP contribution < -0.4 is 10.6 Å². The Morgan fingerprint density at radius 1 is 1.07 bits per heavy atom. The summed E-state index contributed by atoms with van der Waals surface area (Å²) in [5, 5.41) is 24.8. The molecule has 9 heteroatoms. The van der Waals surface area contributed by atoms with Gasteiger partial charge in [-0.2, -0.15) is 0 Å². The van der Waals surface area contributed by atoms with E-state index < -0.39 is 29.9 Å². The summed E-state index contributed by atoms with van der Waals surface area (Å²) in [4.78, 5) is 35.5. The molecule has 0 aromatic heterocycles. The monoisotopic (exact) mass is 408 g/mol. The van der Waals surface area contributed by atoms with Gasteiger partial charge in [-0.05, 0) is 24.3 Å². The lowest BCUT2D eigenvalue weighted by atomic mass is 9.92. The van der Waals surface area contributed by atoms with Gasteiger partial charge >= 0.3 is 11.9 Å². The largest absolute Gasteiger partial charge is 0.480 e. The second-order valence-corrected chi connectivity index (χ2v) is 6.84. The molecule has 0 saturated carbocycles. The van der Waals surface area contributed by atoms with Crippen LogP contribution in [0.5, 0.6) is 0 Å². The summed E-state index contributed by atoms with van der Waals surface area (Å²) in [6, 6.07) is 7.09.